The molecule has 1 atom stereocenters. The number of rotatable bonds is 6. The van der Waals surface area contributed by atoms with Crippen molar-refractivity contribution in [3.05, 3.63) is 28.5 Å². The number of benzene rings is 1. The highest BCUT2D eigenvalue weighted by atomic mass is 35.5. The average Bonchev–Trinajstić information content (AvgIpc) is 2.68. The topological polar surface area (TPSA) is 114 Å². The van der Waals surface area contributed by atoms with Crippen molar-refractivity contribution >= 4 is 47.7 Å². The number of carbonyl (C=O) groups is 5. The third-order valence-corrected chi connectivity index (χ3v) is 3.94. The van der Waals surface area contributed by atoms with Crippen LogP contribution in [0, 0.1) is 5.82 Å². The molecular formula is C18H21ClFN3O7. The second-order valence-electron chi connectivity index (χ2n) is 6.09. The number of carbonyl (C=O) groups excluding carboxylic acids is 5. The molecule has 10 nitrogen and oxygen atoms in total. The molecule has 5 amide bonds. The molecule has 0 aliphatic carbocycles. The Morgan fingerprint density at radius 2 is 1.77 bits per heavy atom. The molecule has 12 heteroatoms. The van der Waals surface area contributed by atoms with E-state index in [-0.39, 0.29) is 18.0 Å². The van der Waals surface area contributed by atoms with Gasteiger partial charge in [-0.3, -0.25) is 9.69 Å². The standard InChI is InChI=1S/C18H21ClFN3O7/c1-6-29-15(25)10(2)30-16(26)11-7-14(13(20)8-12(11)19)23(17(27)21(3)4)18(28)22(5)9-24/h7-10H,6H2,1-5H3. The lowest BCUT2D eigenvalue weighted by Gasteiger charge is -2.27. The maximum atomic E-state index is 14.6. The van der Waals surface area contributed by atoms with Gasteiger partial charge in [-0.25, -0.2) is 28.5 Å². The minimum absolute atomic E-state index is 0.0656. The lowest BCUT2D eigenvalue weighted by Crippen LogP contribution is -2.49. The number of esters is 2. The summed E-state index contributed by atoms with van der Waals surface area (Å²) in [4.78, 5) is 61.8. The largest absolute Gasteiger partial charge is 0.463 e. The maximum absolute atomic E-state index is 14.6. The second-order valence-corrected chi connectivity index (χ2v) is 6.50. The predicted molar refractivity (Wildman–Crippen MR) is 104 cm³/mol. The summed E-state index contributed by atoms with van der Waals surface area (Å²) in [7, 11) is 3.66. The molecule has 0 saturated heterocycles. The summed E-state index contributed by atoms with van der Waals surface area (Å²) in [5.41, 5.74) is -1.06. The maximum Gasteiger partial charge on any atom is 0.347 e. The Bertz CT molecular complexity index is 862. The van der Waals surface area contributed by atoms with Crippen LogP contribution in [0.3, 0.4) is 0 Å². The zero-order valence-electron chi connectivity index (χ0n) is 17.0. The fourth-order valence-corrected chi connectivity index (χ4v) is 2.32. The number of anilines is 1. The molecular weight excluding hydrogens is 425 g/mol. The van der Waals surface area contributed by atoms with Crippen LogP contribution in [-0.2, 0) is 19.1 Å². The number of ether oxygens (including phenoxy) is 2. The van der Waals surface area contributed by atoms with Gasteiger partial charge in [0.2, 0.25) is 6.41 Å². The summed E-state index contributed by atoms with van der Waals surface area (Å²) in [5, 5.41) is -0.384. The first-order valence-electron chi connectivity index (χ1n) is 8.56. The minimum atomic E-state index is -1.29. The van der Waals surface area contributed by atoms with Crippen molar-refractivity contribution in [2.45, 2.75) is 20.0 Å². The molecule has 1 aromatic carbocycles. The lowest BCUT2D eigenvalue weighted by molar-refractivity contribution is -0.152. The summed E-state index contributed by atoms with van der Waals surface area (Å²) in [5.74, 6) is -3.04. The highest BCUT2D eigenvalue weighted by molar-refractivity contribution is 6.34. The van der Waals surface area contributed by atoms with Gasteiger partial charge in [-0.1, -0.05) is 11.6 Å². The van der Waals surface area contributed by atoms with Gasteiger partial charge in [0.1, 0.15) is 5.82 Å². The zero-order chi connectivity index (χ0) is 23.2. The number of amides is 5. The van der Waals surface area contributed by atoms with Crippen LogP contribution in [-0.4, -0.2) is 74.1 Å². The normalized spacial score (nSPS) is 11.2. The van der Waals surface area contributed by atoms with Gasteiger partial charge in [0.15, 0.2) is 6.10 Å². The Morgan fingerprint density at radius 1 is 1.17 bits per heavy atom. The Labute approximate surface area is 177 Å². The van der Waals surface area contributed by atoms with Crippen molar-refractivity contribution in [2.75, 3.05) is 32.6 Å². The number of hydrogen-bond donors (Lipinski definition) is 0. The highest BCUT2D eigenvalue weighted by Crippen LogP contribution is 2.29. The van der Waals surface area contributed by atoms with Crippen LogP contribution in [0.15, 0.2) is 12.1 Å². The lowest BCUT2D eigenvalue weighted by atomic mass is 10.1. The Balaban J connectivity index is 3.43. The third kappa shape index (κ3) is 5.66. The van der Waals surface area contributed by atoms with Crippen LogP contribution >= 0.6 is 11.6 Å². The van der Waals surface area contributed by atoms with E-state index < -0.39 is 47.2 Å². The molecule has 0 fully saturated rings. The smallest absolute Gasteiger partial charge is 0.347 e. The molecule has 0 aliphatic rings. The van der Waals surface area contributed by atoms with Crippen LogP contribution in [0.2, 0.25) is 5.02 Å². The first-order valence-corrected chi connectivity index (χ1v) is 8.94. The Kier molecular flexibility index (Phi) is 8.72. The molecule has 30 heavy (non-hydrogen) atoms. The van der Waals surface area contributed by atoms with Crippen LogP contribution in [0.25, 0.3) is 0 Å². The molecule has 0 spiro atoms. The number of hydrogen-bond acceptors (Lipinski definition) is 7. The van der Waals surface area contributed by atoms with E-state index in [9.17, 15) is 28.4 Å². The molecule has 1 aromatic rings. The Hall–Kier alpha value is -3.21. The van der Waals surface area contributed by atoms with Crippen LogP contribution in [0.5, 0.6) is 0 Å². The monoisotopic (exact) mass is 445 g/mol. The predicted octanol–water partition coefficient (Wildman–Crippen LogP) is 2.28. The molecule has 0 bridgehead atoms. The molecule has 0 saturated carbocycles. The number of nitrogens with zero attached hydrogens (tertiary/aromatic N) is 3. The van der Waals surface area contributed by atoms with E-state index in [4.69, 9.17) is 21.1 Å². The van der Waals surface area contributed by atoms with Gasteiger partial charge < -0.3 is 14.4 Å². The van der Waals surface area contributed by atoms with E-state index in [0.717, 1.165) is 18.0 Å². The van der Waals surface area contributed by atoms with Gasteiger partial charge >= 0.3 is 24.0 Å². The van der Waals surface area contributed by atoms with E-state index >= 15 is 0 Å². The molecule has 0 aromatic heterocycles. The van der Waals surface area contributed by atoms with E-state index in [0.29, 0.717) is 15.9 Å². The first kappa shape index (κ1) is 24.8. The summed E-state index contributed by atoms with van der Waals surface area (Å²) in [6.45, 7) is 2.90. The minimum Gasteiger partial charge on any atom is -0.463 e. The fourth-order valence-electron chi connectivity index (χ4n) is 2.09. The molecule has 0 N–H and O–H groups in total. The van der Waals surface area contributed by atoms with E-state index in [1.165, 1.54) is 21.0 Å². The van der Waals surface area contributed by atoms with E-state index in [2.05, 4.69) is 0 Å². The fraction of sp³-hybridized carbons (Fsp3) is 0.389. The third-order valence-electron chi connectivity index (χ3n) is 3.62. The average molecular weight is 446 g/mol. The summed E-state index contributed by atoms with van der Waals surface area (Å²) in [6.07, 6.45) is -1.16. The number of halogens is 2. The van der Waals surface area contributed by atoms with Gasteiger partial charge in [0.25, 0.3) is 0 Å². The number of urea groups is 2. The van der Waals surface area contributed by atoms with Gasteiger partial charge in [-0.2, -0.15) is 0 Å². The van der Waals surface area contributed by atoms with E-state index in [1.54, 1.807) is 6.92 Å². The Morgan fingerprint density at radius 3 is 2.27 bits per heavy atom. The van der Waals surface area contributed by atoms with Crippen LogP contribution < -0.4 is 4.90 Å². The van der Waals surface area contributed by atoms with E-state index in [1.807, 2.05) is 0 Å². The molecule has 164 valence electrons. The number of imide groups is 2. The zero-order valence-corrected chi connectivity index (χ0v) is 17.7. The van der Waals surface area contributed by atoms with Crippen LogP contribution in [0.4, 0.5) is 19.7 Å². The van der Waals surface area contributed by atoms with Crippen LogP contribution in [0.1, 0.15) is 24.2 Å². The van der Waals surface area contributed by atoms with Crippen molar-refractivity contribution in [3.8, 4) is 0 Å². The first-order chi connectivity index (χ1) is 14.0. The van der Waals surface area contributed by atoms with Gasteiger partial charge in [0, 0.05) is 21.1 Å². The summed E-state index contributed by atoms with van der Waals surface area (Å²) in [6, 6.07) is -0.652. The quantitative estimate of drug-likeness (QED) is 0.487. The van der Waals surface area contributed by atoms with Crippen molar-refractivity contribution in [2.24, 2.45) is 0 Å². The van der Waals surface area contributed by atoms with Crippen molar-refractivity contribution in [3.63, 3.8) is 0 Å². The highest BCUT2D eigenvalue weighted by Gasteiger charge is 2.32. The van der Waals surface area contributed by atoms with Gasteiger partial charge in [0.05, 0.1) is 22.9 Å². The SMILES string of the molecule is CCOC(=O)C(C)OC(=O)c1cc(N(C(=O)N(C)C)C(=O)N(C)C=O)c(F)cc1Cl. The molecule has 1 unspecified atom stereocenters. The molecule has 0 radical (unpaired) electrons. The van der Waals surface area contributed by atoms with Gasteiger partial charge in [-0.15, -0.1) is 0 Å². The molecule has 1 rings (SSSR count). The van der Waals surface area contributed by atoms with Crippen molar-refractivity contribution in [1.82, 2.24) is 9.80 Å². The van der Waals surface area contributed by atoms with Crippen molar-refractivity contribution < 1.29 is 37.8 Å². The molecule has 0 heterocycles. The van der Waals surface area contributed by atoms with Crippen molar-refractivity contribution in [1.29, 1.82) is 0 Å². The summed E-state index contributed by atoms with van der Waals surface area (Å²) >= 11 is 5.91. The summed E-state index contributed by atoms with van der Waals surface area (Å²) < 4.78 is 24.3. The second kappa shape index (κ2) is 10.5. The molecule has 0 aliphatic heterocycles. The van der Waals surface area contributed by atoms with Gasteiger partial charge in [-0.05, 0) is 26.0 Å².